The molecule has 0 saturated heterocycles. The molecule has 0 aromatic carbocycles. The van der Waals surface area contributed by atoms with Crippen LogP contribution in [0, 0.1) is 12.8 Å². The number of thiazole rings is 1. The average molecular weight is 200 g/mol. The molecule has 4 heteroatoms. The predicted molar refractivity (Wildman–Crippen MR) is 54.5 cm³/mol. The summed E-state index contributed by atoms with van der Waals surface area (Å²) in [5.74, 6) is 0.561. The van der Waals surface area contributed by atoms with Gasteiger partial charge < -0.3 is 4.84 Å². The summed E-state index contributed by atoms with van der Waals surface area (Å²) in [5.41, 5.74) is 3.97. The summed E-state index contributed by atoms with van der Waals surface area (Å²) < 4.78 is 0. The van der Waals surface area contributed by atoms with Gasteiger partial charge in [-0.25, -0.2) is 4.98 Å². The first-order chi connectivity index (χ1) is 6.18. The van der Waals surface area contributed by atoms with Crippen molar-refractivity contribution in [2.45, 2.75) is 27.3 Å². The molecule has 0 amide bonds. The Hall–Kier alpha value is -0.450. The lowest BCUT2D eigenvalue weighted by Gasteiger charge is -2.05. The highest BCUT2D eigenvalue weighted by Crippen LogP contribution is 2.07. The number of nitrogens with one attached hydrogen (secondary N) is 1. The monoisotopic (exact) mass is 200 g/mol. The highest BCUT2D eigenvalue weighted by Gasteiger charge is 1.98. The topological polar surface area (TPSA) is 34.1 Å². The molecule has 0 spiro atoms. The fourth-order valence-corrected chi connectivity index (χ4v) is 1.52. The fraction of sp³-hybridized carbons (Fsp3) is 0.667. The van der Waals surface area contributed by atoms with E-state index in [1.807, 2.05) is 12.3 Å². The van der Waals surface area contributed by atoms with Gasteiger partial charge in [0.15, 0.2) is 0 Å². The average Bonchev–Trinajstić information content (AvgIpc) is 2.45. The van der Waals surface area contributed by atoms with Crippen LogP contribution >= 0.6 is 11.3 Å². The molecule has 0 aliphatic rings. The Morgan fingerprint density at radius 2 is 2.38 bits per heavy atom. The number of rotatable bonds is 5. The highest BCUT2D eigenvalue weighted by molar-refractivity contribution is 7.09. The van der Waals surface area contributed by atoms with Crippen LogP contribution in [0.3, 0.4) is 0 Å². The third-order valence-corrected chi connectivity index (χ3v) is 2.38. The maximum Gasteiger partial charge on any atom is 0.109 e. The van der Waals surface area contributed by atoms with Crippen molar-refractivity contribution in [2.75, 3.05) is 6.61 Å². The maximum atomic E-state index is 5.22. The van der Waals surface area contributed by atoms with E-state index in [4.69, 9.17) is 4.84 Å². The van der Waals surface area contributed by atoms with Crippen LogP contribution in [0.4, 0.5) is 0 Å². The van der Waals surface area contributed by atoms with Gasteiger partial charge in [0.05, 0.1) is 13.2 Å². The highest BCUT2D eigenvalue weighted by atomic mass is 32.1. The maximum absolute atomic E-state index is 5.22. The lowest BCUT2D eigenvalue weighted by molar-refractivity contribution is 0.0196. The SMILES string of the molecule is Cc1csc(CNOCC(C)C)n1. The summed E-state index contributed by atoms with van der Waals surface area (Å²) in [6, 6.07) is 0. The van der Waals surface area contributed by atoms with E-state index in [2.05, 4.69) is 24.3 Å². The molecule has 74 valence electrons. The summed E-state index contributed by atoms with van der Waals surface area (Å²) in [5, 5.41) is 3.11. The van der Waals surface area contributed by atoms with Gasteiger partial charge in [-0.2, -0.15) is 5.48 Å². The molecule has 0 aliphatic carbocycles. The number of hydrogen-bond acceptors (Lipinski definition) is 4. The summed E-state index contributed by atoms with van der Waals surface area (Å²) >= 11 is 1.65. The normalized spacial score (nSPS) is 11.1. The minimum atomic E-state index is 0.561. The Bertz CT molecular complexity index is 248. The van der Waals surface area contributed by atoms with Gasteiger partial charge in [-0.3, -0.25) is 0 Å². The van der Waals surface area contributed by atoms with Crippen molar-refractivity contribution in [2.24, 2.45) is 5.92 Å². The van der Waals surface area contributed by atoms with Gasteiger partial charge >= 0.3 is 0 Å². The minimum Gasteiger partial charge on any atom is -0.301 e. The van der Waals surface area contributed by atoms with Crippen LogP contribution in [0.5, 0.6) is 0 Å². The van der Waals surface area contributed by atoms with Gasteiger partial charge in [0, 0.05) is 11.1 Å². The number of aromatic nitrogens is 1. The Labute approximate surface area is 83.1 Å². The third-order valence-electron chi connectivity index (χ3n) is 1.41. The molecule has 0 fully saturated rings. The predicted octanol–water partition coefficient (Wildman–Crippen LogP) is 2.13. The first-order valence-electron chi connectivity index (χ1n) is 4.44. The second-order valence-corrected chi connectivity index (χ2v) is 4.35. The van der Waals surface area contributed by atoms with Crippen LogP contribution in [0.1, 0.15) is 24.5 Å². The Morgan fingerprint density at radius 3 is 2.92 bits per heavy atom. The van der Waals surface area contributed by atoms with Gasteiger partial charge in [0.2, 0.25) is 0 Å². The van der Waals surface area contributed by atoms with Crippen molar-refractivity contribution in [3.05, 3.63) is 16.1 Å². The molecule has 1 aromatic rings. The summed E-state index contributed by atoms with van der Waals surface area (Å²) in [6.07, 6.45) is 0. The fourth-order valence-electron chi connectivity index (χ4n) is 0.822. The van der Waals surface area contributed by atoms with E-state index < -0.39 is 0 Å². The first-order valence-corrected chi connectivity index (χ1v) is 5.32. The van der Waals surface area contributed by atoms with E-state index in [0.29, 0.717) is 12.5 Å². The van der Waals surface area contributed by atoms with Crippen molar-refractivity contribution in [3.63, 3.8) is 0 Å². The smallest absolute Gasteiger partial charge is 0.109 e. The quantitative estimate of drug-likeness (QED) is 0.584. The molecule has 0 aliphatic heterocycles. The van der Waals surface area contributed by atoms with E-state index >= 15 is 0 Å². The van der Waals surface area contributed by atoms with Gasteiger partial charge in [0.25, 0.3) is 0 Å². The third kappa shape index (κ3) is 4.36. The first kappa shape index (κ1) is 10.6. The number of hydrogen-bond donors (Lipinski definition) is 1. The number of aryl methyl sites for hydroxylation is 1. The second kappa shape index (κ2) is 5.32. The molecule has 13 heavy (non-hydrogen) atoms. The lowest BCUT2D eigenvalue weighted by Crippen LogP contribution is -2.17. The minimum absolute atomic E-state index is 0.561. The van der Waals surface area contributed by atoms with Gasteiger partial charge in [0.1, 0.15) is 5.01 Å². The standard InChI is InChI=1S/C9H16N2OS/c1-7(2)5-12-10-4-9-11-8(3)6-13-9/h6-7,10H,4-5H2,1-3H3. The summed E-state index contributed by atoms with van der Waals surface area (Å²) in [6.45, 7) is 7.68. The van der Waals surface area contributed by atoms with Crippen LogP contribution in [0.25, 0.3) is 0 Å². The van der Waals surface area contributed by atoms with E-state index in [9.17, 15) is 0 Å². The number of nitrogens with zero attached hydrogens (tertiary/aromatic N) is 1. The van der Waals surface area contributed by atoms with Crippen molar-refractivity contribution in [1.82, 2.24) is 10.5 Å². The molecule has 0 bridgehead atoms. The molecule has 0 unspecified atom stereocenters. The van der Waals surface area contributed by atoms with Crippen molar-refractivity contribution in [1.29, 1.82) is 0 Å². The Kier molecular flexibility index (Phi) is 4.35. The van der Waals surface area contributed by atoms with E-state index in [-0.39, 0.29) is 0 Å². The zero-order valence-corrected chi connectivity index (χ0v) is 9.15. The molecule has 1 N–H and O–H groups in total. The molecular weight excluding hydrogens is 184 g/mol. The van der Waals surface area contributed by atoms with Crippen molar-refractivity contribution >= 4 is 11.3 Å². The Morgan fingerprint density at radius 1 is 1.62 bits per heavy atom. The summed E-state index contributed by atoms with van der Waals surface area (Å²) in [4.78, 5) is 9.53. The molecular formula is C9H16N2OS. The van der Waals surface area contributed by atoms with Crippen LogP contribution in [0.15, 0.2) is 5.38 Å². The van der Waals surface area contributed by atoms with Crippen LogP contribution in [-0.2, 0) is 11.4 Å². The van der Waals surface area contributed by atoms with Crippen LogP contribution < -0.4 is 5.48 Å². The van der Waals surface area contributed by atoms with E-state index in [1.165, 1.54) is 0 Å². The molecule has 0 saturated carbocycles. The van der Waals surface area contributed by atoms with Crippen LogP contribution in [0.2, 0.25) is 0 Å². The second-order valence-electron chi connectivity index (χ2n) is 3.41. The van der Waals surface area contributed by atoms with Crippen molar-refractivity contribution in [3.8, 4) is 0 Å². The van der Waals surface area contributed by atoms with Crippen molar-refractivity contribution < 1.29 is 4.84 Å². The largest absolute Gasteiger partial charge is 0.301 e. The number of hydroxylamine groups is 1. The lowest BCUT2D eigenvalue weighted by atomic mass is 10.2. The molecule has 1 aromatic heterocycles. The van der Waals surface area contributed by atoms with E-state index in [1.54, 1.807) is 11.3 Å². The van der Waals surface area contributed by atoms with Gasteiger partial charge in [-0.15, -0.1) is 11.3 Å². The zero-order valence-electron chi connectivity index (χ0n) is 8.33. The van der Waals surface area contributed by atoms with Crippen LogP contribution in [-0.4, -0.2) is 11.6 Å². The van der Waals surface area contributed by atoms with E-state index in [0.717, 1.165) is 17.3 Å². The van der Waals surface area contributed by atoms with Gasteiger partial charge in [-0.05, 0) is 12.8 Å². The molecule has 3 nitrogen and oxygen atoms in total. The molecule has 0 radical (unpaired) electrons. The van der Waals surface area contributed by atoms with Gasteiger partial charge in [-0.1, -0.05) is 13.8 Å². The molecule has 0 atom stereocenters. The zero-order chi connectivity index (χ0) is 9.68. The molecule has 1 heterocycles. The summed E-state index contributed by atoms with van der Waals surface area (Å²) in [7, 11) is 0. The molecule has 1 rings (SSSR count). The Balaban J connectivity index is 2.13.